The number of phenols is 1. The Morgan fingerprint density at radius 3 is 2.69 bits per heavy atom. The minimum Gasteiger partial charge on any atom is -0.508 e. The van der Waals surface area contributed by atoms with Gasteiger partial charge in [-0.15, -0.1) is 11.3 Å². The topological polar surface area (TPSA) is 41.9 Å². The third-order valence-electron chi connectivity index (χ3n) is 4.82. The summed E-state index contributed by atoms with van der Waals surface area (Å²) in [6, 6.07) is 13.7. The number of thiophene rings is 1. The number of fused-ring (bicyclic) bond motifs is 1. The number of likely N-dealkylation sites (tertiary alicyclic amines) is 1. The molecular weight excluding hydrogens is 346 g/mol. The third-order valence-corrected chi connectivity index (χ3v) is 5.96. The standard InChI is InChI=1S/C21H23NO3S/c1-24-19-12-15(20-13-16-4-6-17(23)14-21(16)26-20)5-7-18(19)25-11-10-22-8-2-3-9-22/h4-7,12-14,23H,2-3,8-11H2,1H3. The predicted molar refractivity (Wildman–Crippen MR) is 107 cm³/mol. The fourth-order valence-corrected chi connectivity index (χ4v) is 4.49. The van der Waals surface area contributed by atoms with Gasteiger partial charge in [0.1, 0.15) is 12.4 Å². The van der Waals surface area contributed by atoms with Crippen LogP contribution in [-0.2, 0) is 0 Å². The maximum atomic E-state index is 9.66. The molecule has 2 aromatic carbocycles. The zero-order chi connectivity index (χ0) is 17.9. The van der Waals surface area contributed by atoms with Crippen LogP contribution in [0.25, 0.3) is 20.5 Å². The van der Waals surface area contributed by atoms with E-state index in [1.54, 1.807) is 30.6 Å². The average molecular weight is 369 g/mol. The fraction of sp³-hybridized carbons (Fsp3) is 0.333. The second-order valence-corrected chi connectivity index (χ2v) is 7.68. The van der Waals surface area contributed by atoms with Crippen molar-refractivity contribution in [2.45, 2.75) is 12.8 Å². The first-order chi connectivity index (χ1) is 12.7. The number of nitrogens with zero attached hydrogens (tertiary/aromatic N) is 1. The largest absolute Gasteiger partial charge is 0.508 e. The molecule has 0 spiro atoms. The first kappa shape index (κ1) is 17.2. The van der Waals surface area contributed by atoms with Gasteiger partial charge in [0.15, 0.2) is 11.5 Å². The normalized spacial score (nSPS) is 14.8. The summed E-state index contributed by atoms with van der Waals surface area (Å²) in [5.74, 6) is 1.84. The van der Waals surface area contributed by atoms with E-state index >= 15 is 0 Å². The molecule has 0 saturated carbocycles. The molecule has 0 atom stereocenters. The Morgan fingerprint density at radius 2 is 1.88 bits per heavy atom. The van der Waals surface area contributed by atoms with Crippen molar-refractivity contribution < 1.29 is 14.6 Å². The molecule has 1 N–H and O–H groups in total. The van der Waals surface area contributed by atoms with E-state index < -0.39 is 0 Å². The van der Waals surface area contributed by atoms with Crippen molar-refractivity contribution in [1.82, 2.24) is 4.90 Å². The van der Waals surface area contributed by atoms with Crippen molar-refractivity contribution in [3.05, 3.63) is 42.5 Å². The first-order valence-corrected chi connectivity index (χ1v) is 9.81. The molecule has 2 heterocycles. The van der Waals surface area contributed by atoms with Crippen LogP contribution in [0, 0.1) is 0 Å². The minimum absolute atomic E-state index is 0.297. The zero-order valence-corrected chi connectivity index (χ0v) is 15.7. The molecular formula is C21H23NO3S. The highest BCUT2D eigenvalue weighted by Gasteiger charge is 2.13. The SMILES string of the molecule is COc1cc(-c2cc3ccc(O)cc3s2)ccc1OCCN1CCCC1. The van der Waals surface area contributed by atoms with Crippen LogP contribution >= 0.6 is 11.3 Å². The van der Waals surface area contributed by atoms with Gasteiger partial charge in [0, 0.05) is 16.1 Å². The van der Waals surface area contributed by atoms with Gasteiger partial charge in [0.2, 0.25) is 0 Å². The molecule has 1 saturated heterocycles. The van der Waals surface area contributed by atoms with Gasteiger partial charge in [0.25, 0.3) is 0 Å². The molecule has 26 heavy (non-hydrogen) atoms. The Labute approximate surface area is 157 Å². The average Bonchev–Trinajstić information content (AvgIpc) is 3.31. The van der Waals surface area contributed by atoms with E-state index in [4.69, 9.17) is 9.47 Å². The van der Waals surface area contributed by atoms with Crippen molar-refractivity contribution in [3.8, 4) is 27.7 Å². The number of hydrogen-bond donors (Lipinski definition) is 1. The molecule has 0 amide bonds. The number of benzene rings is 2. The van der Waals surface area contributed by atoms with Crippen molar-refractivity contribution in [1.29, 1.82) is 0 Å². The number of aromatic hydroxyl groups is 1. The molecule has 1 fully saturated rings. The van der Waals surface area contributed by atoms with Crippen LogP contribution in [-0.4, -0.2) is 43.4 Å². The molecule has 1 aromatic heterocycles. The monoisotopic (exact) mass is 369 g/mol. The highest BCUT2D eigenvalue weighted by molar-refractivity contribution is 7.22. The number of rotatable bonds is 6. The quantitative estimate of drug-likeness (QED) is 0.680. The van der Waals surface area contributed by atoms with Gasteiger partial charge in [-0.3, -0.25) is 4.90 Å². The van der Waals surface area contributed by atoms with Crippen molar-refractivity contribution >= 4 is 21.4 Å². The lowest BCUT2D eigenvalue weighted by molar-refractivity contribution is 0.230. The third kappa shape index (κ3) is 3.64. The molecule has 0 radical (unpaired) electrons. The number of methoxy groups -OCH3 is 1. The van der Waals surface area contributed by atoms with E-state index in [-0.39, 0.29) is 0 Å². The summed E-state index contributed by atoms with van der Waals surface area (Å²) >= 11 is 1.66. The van der Waals surface area contributed by atoms with Gasteiger partial charge in [-0.05, 0) is 79.3 Å². The lowest BCUT2D eigenvalue weighted by Crippen LogP contribution is -2.25. The van der Waals surface area contributed by atoms with Gasteiger partial charge < -0.3 is 14.6 Å². The van der Waals surface area contributed by atoms with Crippen LogP contribution in [0.3, 0.4) is 0 Å². The number of phenolic OH excluding ortho intramolecular Hbond substituents is 1. The molecule has 5 heteroatoms. The predicted octanol–water partition coefficient (Wildman–Crippen LogP) is 4.76. The van der Waals surface area contributed by atoms with Gasteiger partial charge in [0.05, 0.1) is 7.11 Å². The highest BCUT2D eigenvalue weighted by atomic mass is 32.1. The van der Waals surface area contributed by atoms with Crippen molar-refractivity contribution in [3.63, 3.8) is 0 Å². The lowest BCUT2D eigenvalue weighted by atomic mass is 10.1. The molecule has 1 aliphatic rings. The number of hydrogen-bond acceptors (Lipinski definition) is 5. The highest BCUT2D eigenvalue weighted by Crippen LogP contribution is 2.38. The second-order valence-electron chi connectivity index (χ2n) is 6.60. The lowest BCUT2D eigenvalue weighted by Gasteiger charge is -2.16. The first-order valence-electron chi connectivity index (χ1n) is 8.99. The Morgan fingerprint density at radius 1 is 1.04 bits per heavy atom. The molecule has 1 aliphatic heterocycles. The van der Waals surface area contributed by atoms with Crippen LogP contribution in [0.5, 0.6) is 17.2 Å². The van der Waals surface area contributed by atoms with E-state index in [0.29, 0.717) is 12.4 Å². The van der Waals surface area contributed by atoms with Crippen LogP contribution in [0.4, 0.5) is 0 Å². The van der Waals surface area contributed by atoms with Crippen molar-refractivity contribution in [2.24, 2.45) is 0 Å². The van der Waals surface area contributed by atoms with Gasteiger partial charge >= 0.3 is 0 Å². The van der Waals surface area contributed by atoms with Crippen LogP contribution in [0.1, 0.15) is 12.8 Å². The summed E-state index contributed by atoms with van der Waals surface area (Å²) in [4.78, 5) is 3.58. The zero-order valence-electron chi connectivity index (χ0n) is 14.9. The second kappa shape index (κ2) is 7.56. The number of ether oxygens (including phenoxy) is 2. The fourth-order valence-electron chi connectivity index (χ4n) is 3.39. The summed E-state index contributed by atoms with van der Waals surface area (Å²) in [6.07, 6.45) is 2.59. The van der Waals surface area contributed by atoms with E-state index in [9.17, 15) is 5.11 Å². The molecule has 0 bridgehead atoms. The Bertz CT molecular complexity index is 899. The summed E-state index contributed by atoms with van der Waals surface area (Å²) in [6.45, 7) is 4.00. The van der Waals surface area contributed by atoms with Crippen molar-refractivity contribution in [2.75, 3.05) is 33.4 Å². The Balaban J connectivity index is 1.51. The summed E-state index contributed by atoms with van der Waals surface area (Å²) in [5, 5.41) is 10.8. The van der Waals surface area contributed by atoms with Gasteiger partial charge in [-0.25, -0.2) is 0 Å². The molecule has 0 unspecified atom stereocenters. The molecule has 4 rings (SSSR count). The van der Waals surface area contributed by atoms with E-state index in [2.05, 4.69) is 17.0 Å². The molecule has 0 aliphatic carbocycles. The summed E-state index contributed by atoms with van der Waals surface area (Å²) in [7, 11) is 1.68. The van der Waals surface area contributed by atoms with Crippen LogP contribution in [0.2, 0.25) is 0 Å². The molecule has 3 aromatic rings. The van der Waals surface area contributed by atoms with E-state index in [0.717, 1.165) is 38.6 Å². The molecule has 136 valence electrons. The van der Waals surface area contributed by atoms with E-state index in [1.807, 2.05) is 18.2 Å². The van der Waals surface area contributed by atoms with Gasteiger partial charge in [-0.2, -0.15) is 0 Å². The summed E-state index contributed by atoms with van der Waals surface area (Å²) in [5.41, 5.74) is 1.09. The summed E-state index contributed by atoms with van der Waals surface area (Å²) < 4.78 is 12.6. The van der Waals surface area contributed by atoms with Gasteiger partial charge in [-0.1, -0.05) is 0 Å². The molecule has 4 nitrogen and oxygen atoms in total. The smallest absolute Gasteiger partial charge is 0.161 e. The Kier molecular flexibility index (Phi) is 5.00. The maximum Gasteiger partial charge on any atom is 0.161 e. The Hall–Kier alpha value is -2.24. The van der Waals surface area contributed by atoms with E-state index in [1.165, 1.54) is 25.9 Å². The maximum absolute atomic E-state index is 9.66. The minimum atomic E-state index is 0.297. The van der Waals surface area contributed by atoms with Crippen LogP contribution < -0.4 is 9.47 Å². The van der Waals surface area contributed by atoms with Crippen LogP contribution in [0.15, 0.2) is 42.5 Å².